The van der Waals surface area contributed by atoms with Gasteiger partial charge in [-0.2, -0.15) is 0 Å². The van der Waals surface area contributed by atoms with Crippen molar-refractivity contribution >= 4 is 22.6 Å². The van der Waals surface area contributed by atoms with Crippen LogP contribution in [-0.2, 0) is 0 Å². The summed E-state index contributed by atoms with van der Waals surface area (Å²) in [6.07, 6.45) is 0. The lowest BCUT2D eigenvalue weighted by Crippen LogP contribution is -2.12. The molecule has 0 unspecified atom stereocenters. The first kappa shape index (κ1) is 13.2. The van der Waals surface area contributed by atoms with Gasteiger partial charge >= 0.3 is 5.69 Å². The molecule has 3 aromatic rings. The van der Waals surface area contributed by atoms with E-state index in [4.69, 9.17) is 0 Å². The number of nitrogens with one attached hydrogen (secondary N) is 3. The Morgan fingerprint density at radius 2 is 1.62 bits per heavy atom. The lowest BCUT2D eigenvalue weighted by Gasteiger charge is -2.07. The minimum Gasteiger partial charge on any atom is -0.322 e. The summed E-state index contributed by atoms with van der Waals surface area (Å²) in [6.45, 7) is 3.97. The van der Waals surface area contributed by atoms with E-state index in [9.17, 15) is 9.59 Å². The van der Waals surface area contributed by atoms with Crippen molar-refractivity contribution in [2.24, 2.45) is 0 Å². The second-order valence-electron chi connectivity index (χ2n) is 5.17. The summed E-state index contributed by atoms with van der Waals surface area (Å²) in [4.78, 5) is 28.8. The number of benzene rings is 2. The van der Waals surface area contributed by atoms with Crippen LogP contribution in [0.1, 0.15) is 21.5 Å². The predicted molar refractivity (Wildman–Crippen MR) is 82.8 cm³/mol. The average molecular weight is 281 g/mol. The largest absolute Gasteiger partial charge is 0.323 e. The molecule has 0 saturated carbocycles. The lowest BCUT2D eigenvalue weighted by molar-refractivity contribution is 0.102. The zero-order valence-corrected chi connectivity index (χ0v) is 11.8. The van der Waals surface area contributed by atoms with Gasteiger partial charge in [0, 0.05) is 11.3 Å². The molecule has 106 valence electrons. The van der Waals surface area contributed by atoms with Crippen LogP contribution < -0.4 is 11.0 Å². The number of hydrogen-bond acceptors (Lipinski definition) is 2. The molecule has 0 aliphatic rings. The number of hydrogen-bond donors (Lipinski definition) is 3. The average Bonchev–Trinajstić information content (AvgIpc) is 2.76. The van der Waals surface area contributed by atoms with Gasteiger partial charge in [-0.25, -0.2) is 4.79 Å². The molecular formula is C16H15N3O2. The number of rotatable bonds is 2. The number of anilines is 1. The SMILES string of the molecule is Cc1cc(C)cc(NC(=O)c2ccc3[nH]c(=O)[nH]c3c2)c1. The molecule has 0 saturated heterocycles. The molecule has 1 heterocycles. The number of H-pyrrole nitrogens is 2. The first-order chi connectivity index (χ1) is 10.0. The van der Waals surface area contributed by atoms with Gasteiger partial charge in [-0.05, 0) is 55.3 Å². The van der Waals surface area contributed by atoms with Gasteiger partial charge in [-0.1, -0.05) is 6.07 Å². The normalized spacial score (nSPS) is 10.8. The van der Waals surface area contributed by atoms with Gasteiger partial charge in [0.05, 0.1) is 11.0 Å². The van der Waals surface area contributed by atoms with Crippen LogP contribution >= 0.6 is 0 Å². The highest BCUT2D eigenvalue weighted by atomic mass is 16.2. The van der Waals surface area contributed by atoms with Crippen molar-refractivity contribution < 1.29 is 4.79 Å². The fourth-order valence-electron chi connectivity index (χ4n) is 2.42. The van der Waals surface area contributed by atoms with Crippen molar-refractivity contribution in [1.29, 1.82) is 0 Å². The Kier molecular flexibility index (Phi) is 3.10. The minimum atomic E-state index is -0.281. The number of aromatic nitrogens is 2. The minimum absolute atomic E-state index is 0.205. The van der Waals surface area contributed by atoms with E-state index in [1.165, 1.54) is 0 Å². The van der Waals surface area contributed by atoms with Gasteiger partial charge in [-0.3, -0.25) is 4.79 Å². The number of amides is 1. The highest BCUT2D eigenvalue weighted by molar-refractivity contribution is 6.05. The molecule has 1 aromatic heterocycles. The van der Waals surface area contributed by atoms with Crippen LogP contribution in [0.25, 0.3) is 11.0 Å². The van der Waals surface area contributed by atoms with Crippen molar-refractivity contribution in [3.63, 3.8) is 0 Å². The standard InChI is InChI=1S/C16H15N3O2/c1-9-5-10(2)7-12(6-9)17-15(20)11-3-4-13-14(8-11)19-16(21)18-13/h3-8H,1-2H3,(H,17,20)(H2,18,19,21). The first-order valence-electron chi connectivity index (χ1n) is 6.63. The Morgan fingerprint density at radius 1 is 0.952 bits per heavy atom. The van der Waals surface area contributed by atoms with Crippen molar-refractivity contribution in [2.75, 3.05) is 5.32 Å². The van der Waals surface area contributed by atoms with Crippen LogP contribution in [0.2, 0.25) is 0 Å². The quantitative estimate of drug-likeness (QED) is 0.675. The van der Waals surface area contributed by atoms with Gasteiger partial charge in [0.15, 0.2) is 0 Å². The second-order valence-corrected chi connectivity index (χ2v) is 5.17. The summed E-state index contributed by atoms with van der Waals surface area (Å²) in [5, 5.41) is 2.87. The molecular weight excluding hydrogens is 266 g/mol. The third-order valence-electron chi connectivity index (χ3n) is 3.26. The molecule has 0 radical (unpaired) electrons. The van der Waals surface area contributed by atoms with Gasteiger partial charge in [0.1, 0.15) is 0 Å². The summed E-state index contributed by atoms with van der Waals surface area (Å²) in [5.41, 5.74) is 4.47. The molecule has 21 heavy (non-hydrogen) atoms. The Hall–Kier alpha value is -2.82. The molecule has 3 N–H and O–H groups in total. The molecule has 0 fully saturated rings. The fourth-order valence-corrected chi connectivity index (χ4v) is 2.42. The fraction of sp³-hybridized carbons (Fsp3) is 0.125. The van der Waals surface area contributed by atoms with Gasteiger partial charge in [0.2, 0.25) is 0 Å². The van der Waals surface area contributed by atoms with E-state index in [1.807, 2.05) is 32.0 Å². The summed E-state index contributed by atoms with van der Waals surface area (Å²) in [6, 6.07) is 10.9. The second kappa shape index (κ2) is 4.94. The first-order valence-corrected chi connectivity index (χ1v) is 6.63. The van der Waals surface area contributed by atoms with E-state index in [0.717, 1.165) is 16.8 Å². The van der Waals surface area contributed by atoms with Crippen molar-refractivity contribution in [3.05, 3.63) is 63.6 Å². The Morgan fingerprint density at radius 3 is 2.33 bits per heavy atom. The number of aromatic amines is 2. The van der Waals surface area contributed by atoms with Crippen LogP contribution in [0.5, 0.6) is 0 Å². The van der Waals surface area contributed by atoms with E-state index >= 15 is 0 Å². The van der Waals surface area contributed by atoms with Gasteiger partial charge in [-0.15, -0.1) is 0 Å². The number of imidazole rings is 1. The summed E-state index contributed by atoms with van der Waals surface area (Å²) < 4.78 is 0. The third kappa shape index (κ3) is 2.72. The van der Waals surface area contributed by atoms with E-state index in [0.29, 0.717) is 16.6 Å². The summed E-state index contributed by atoms with van der Waals surface area (Å²) in [7, 11) is 0. The molecule has 2 aromatic carbocycles. The Balaban J connectivity index is 1.90. The molecule has 0 aliphatic heterocycles. The maximum absolute atomic E-state index is 12.3. The van der Waals surface area contributed by atoms with E-state index in [1.54, 1.807) is 18.2 Å². The topological polar surface area (TPSA) is 77.8 Å². The van der Waals surface area contributed by atoms with Crippen molar-refractivity contribution in [2.45, 2.75) is 13.8 Å². The maximum Gasteiger partial charge on any atom is 0.323 e. The van der Waals surface area contributed by atoms with Crippen LogP contribution in [0.4, 0.5) is 5.69 Å². The molecule has 5 nitrogen and oxygen atoms in total. The van der Waals surface area contributed by atoms with Crippen LogP contribution in [-0.4, -0.2) is 15.9 Å². The molecule has 0 bridgehead atoms. The molecule has 0 atom stereocenters. The monoisotopic (exact) mass is 281 g/mol. The Labute approximate surface area is 121 Å². The van der Waals surface area contributed by atoms with Crippen molar-refractivity contribution in [3.8, 4) is 0 Å². The summed E-state index contributed by atoms with van der Waals surface area (Å²) in [5.74, 6) is -0.205. The number of aryl methyl sites for hydroxylation is 2. The van der Waals surface area contributed by atoms with Crippen molar-refractivity contribution in [1.82, 2.24) is 9.97 Å². The van der Waals surface area contributed by atoms with Gasteiger partial charge in [0.25, 0.3) is 5.91 Å². The number of carbonyl (C=O) groups excluding carboxylic acids is 1. The van der Waals surface area contributed by atoms with Crippen LogP contribution in [0, 0.1) is 13.8 Å². The zero-order valence-electron chi connectivity index (χ0n) is 11.8. The molecule has 5 heteroatoms. The van der Waals surface area contributed by atoms with E-state index in [-0.39, 0.29) is 11.6 Å². The molecule has 0 spiro atoms. The van der Waals surface area contributed by atoms with Crippen LogP contribution in [0.3, 0.4) is 0 Å². The zero-order chi connectivity index (χ0) is 15.0. The molecule has 1 amide bonds. The molecule has 0 aliphatic carbocycles. The smallest absolute Gasteiger partial charge is 0.322 e. The lowest BCUT2D eigenvalue weighted by atomic mass is 10.1. The van der Waals surface area contributed by atoms with E-state index in [2.05, 4.69) is 15.3 Å². The Bertz CT molecular complexity index is 870. The number of fused-ring (bicyclic) bond motifs is 1. The highest BCUT2D eigenvalue weighted by Crippen LogP contribution is 2.16. The highest BCUT2D eigenvalue weighted by Gasteiger charge is 2.08. The van der Waals surface area contributed by atoms with Gasteiger partial charge < -0.3 is 15.3 Å². The molecule has 3 rings (SSSR count). The van der Waals surface area contributed by atoms with Crippen LogP contribution in [0.15, 0.2) is 41.2 Å². The van der Waals surface area contributed by atoms with E-state index < -0.39 is 0 Å². The summed E-state index contributed by atoms with van der Waals surface area (Å²) >= 11 is 0. The number of carbonyl (C=O) groups is 1. The third-order valence-corrected chi connectivity index (χ3v) is 3.26. The maximum atomic E-state index is 12.3. The predicted octanol–water partition coefficient (Wildman–Crippen LogP) is 2.73.